The van der Waals surface area contributed by atoms with Gasteiger partial charge in [0.25, 0.3) is 8.32 Å². The van der Waals surface area contributed by atoms with Crippen LogP contribution in [0.15, 0.2) is 86.0 Å². The minimum atomic E-state index is -2.65. The van der Waals surface area contributed by atoms with Crippen LogP contribution in [0.4, 0.5) is 0 Å². The predicted molar refractivity (Wildman–Crippen MR) is 118 cm³/mol. The average molecular weight is 395 g/mol. The van der Waals surface area contributed by atoms with Crippen molar-refractivity contribution >= 4 is 24.7 Å². The minimum absolute atomic E-state index is 0.128. The lowest BCUT2D eigenvalue weighted by molar-refractivity contribution is -0.144. The fourth-order valence-electron chi connectivity index (χ4n) is 3.53. The Kier molecular flexibility index (Phi) is 7.55. The first-order valence-electron chi connectivity index (χ1n) is 9.54. The molecule has 0 aromatic heterocycles. The van der Waals surface area contributed by atoms with Crippen LogP contribution in [0.1, 0.15) is 27.2 Å². The van der Waals surface area contributed by atoms with Crippen LogP contribution >= 0.6 is 0 Å². The molecule has 0 bridgehead atoms. The largest absolute Gasteiger partial charge is 0.456 e. The standard InChI is InChI=1S/C24H30O3Si/c1-6-14-20(27-23(25)7-2)19-26-28(24(3,4)5,21-15-10-8-11-16-21)22-17-12-9-13-18-22/h6-13,15-18,20H,1-2,14,19H2,3-5H3/t20-/m1/s1. The minimum Gasteiger partial charge on any atom is -0.456 e. The van der Waals surface area contributed by atoms with Crippen LogP contribution in [-0.2, 0) is 14.0 Å². The SMILES string of the molecule is C=CC[C@H](CO[Si](c1ccccc1)(c1ccccc1)C(C)(C)C)OC(=O)C=C. The first kappa shape index (κ1) is 21.9. The molecular formula is C24H30O3Si. The Hall–Kier alpha value is -2.43. The van der Waals surface area contributed by atoms with E-state index in [2.05, 4.69) is 58.2 Å². The molecule has 0 N–H and O–H groups in total. The second-order valence-corrected chi connectivity index (χ2v) is 12.1. The van der Waals surface area contributed by atoms with Gasteiger partial charge >= 0.3 is 5.97 Å². The molecular weight excluding hydrogens is 364 g/mol. The van der Waals surface area contributed by atoms with Crippen molar-refractivity contribution in [3.8, 4) is 0 Å². The van der Waals surface area contributed by atoms with Crippen molar-refractivity contribution < 1.29 is 14.0 Å². The normalized spacial score (nSPS) is 12.8. The molecule has 0 fully saturated rings. The van der Waals surface area contributed by atoms with Gasteiger partial charge in [-0.15, -0.1) is 6.58 Å². The maximum absolute atomic E-state index is 11.7. The number of esters is 1. The number of benzene rings is 2. The Morgan fingerprint density at radius 1 is 1.00 bits per heavy atom. The van der Waals surface area contributed by atoms with Crippen molar-refractivity contribution in [2.45, 2.75) is 38.3 Å². The van der Waals surface area contributed by atoms with Crippen LogP contribution in [0.3, 0.4) is 0 Å². The summed E-state index contributed by atoms with van der Waals surface area (Å²) < 4.78 is 12.3. The van der Waals surface area contributed by atoms with Crippen LogP contribution < -0.4 is 10.4 Å². The van der Waals surface area contributed by atoms with Gasteiger partial charge in [-0.05, 0) is 15.4 Å². The summed E-state index contributed by atoms with van der Waals surface area (Å²) in [5, 5.41) is 2.26. The van der Waals surface area contributed by atoms with Gasteiger partial charge in [0, 0.05) is 12.5 Å². The van der Waals surface area contributed by atoms with Crippen LogP contribution in [0.2, 0.25) is 5.04 Å². The molecule has 0 aliphatic carbocycles. The Bertz CT molecular complexity index is 739. The predicted octanol–water partition coefficient (Wildman–Crippen LogP) is 4.24. The lowest BCUT2D eigenvalue weighted by Crippen LogP contribution is -2.67. The van der Waals surface area contributed by atoms with E-state index in [0.717, 1.165) is 0 Å². The van der Waals surface area contributed by atoms with E-state index < -0.39 is 20.4 Å². The van der Waals surface area contributed by atoms with E-state index in [1.165, 1.54) is 16.4 Å². The zero-order valence-corrected chi connectivity index (χ0v) is 18.1. The lowest BCUT2D eigenvalue weighted by atomic mass is 10.2. The van der Waals surface area contributed by atoms with Gasteiger partial charge in [0.15, 0.2) is 0 Å². The van der Waals surface area contributed by atoms with Crippen molar-refractivity contribution in [2.24, 2.45) is 0 Å². The number of ether oxygens (including phenoxy) is 1. The van der Waals surface area contributed by atoms with Crippen molar-refractivity contribution in [3.05, 3.63) is 86.0 Å². The van der Waals surface area contributed by atoms with Crippen molar-refractivity contribution in [1.82, 2.24) is 0 Å². The molecule has 28 heavy (non-hydrogen) atoms. The number of hydrogen-bond acceptors (Lipinski definition) is 3. The lowest BCUT2D eigenvalue weighted by Gasteiger charge is -2.43. The second kappa shape index (κ2) is 9.67. The second-order valence-electron chi connectivity index (χ2n) is 7.76. The van der Waals surface area contributed by atoms with E-state index >= 15 is 0 Å². The third kappa shape index (κ3) is 4.88. The summed E-state index contributed by atoms with van der Waals surface area (Å²) in [5.74, 6) is -0.446. The van der Waals surface area contributed by atoms with E-state index in [4.69, 9.17) is 9.16 Å². The summed E-state index contributed by atoms with van der Waals surface area (Å²) in [5.41, 5.74) is 0. The highest BCUT2D eigenvalue weighted by molar-refractivity contribution is 6.99. The number of carbonyl (C=O) groups is 1. The molecule has 0 saturated carbocycles. The number of hydrogen-bond donors (Lipinski definition) is 0. The van der Waals surface area contributed by atoms with Gasteiger partial charge in [-0.1, -0.05) is 94.1 Å². The molecule has 2 aromatic carbocycles. The fourth-order valence-corrected chi connectivity index (χ4v) is 8.12. The zero-order chi connectivity index (χ0) is 20.6. The maximum Gasteiger partial charge on any atom is 0.330 e. The Morgan fingerprint density at radius 2 is 1.50 bits per heavy atom. The van der Waals surface area contributed by atoms with E-state index in [1.54, 1.807) is 6.08 Å². The van der Waals surface area contributed by atoms with E-state index in [-0.39, 0.29) is 5.04 Å². The Labute approximate surface area is 169 Å². The molecule has 0 aliphatic rings. The summed E-state index contributed by atoms with van der Waals surface area (Å²) in [6.45, 7) is 14.2. The van der Waals surface area contributed by atoms with Gasteiger partial charge in [-0.3, -0.25) is 0 Å². The maximum atomic E-state index is 11.7. The molecule has 0 radical (unpaired) electrons. The fraction of sp³-hybridized carbons (Fsp3) is 0.292. The Morgan fingerprint density at radius 3 is 1.89 bits per heavy atom. The molecule has 0 unspecified atom stereocenters. The van der Waals surface area contributed by atoms with Gasteiger partial charge in [0.1, 0.15) is 6.10 Å². The number of carbonyl (C=O) groups excluding carboxylic acids is 1. The molecule has 0 saturated heterocycles. The topological polar surface area (TPSA) is 35.5 Å². The third-order valence-electron chi connectivity index (χ3n) is 4.78. The van der Waals surface area contributed by atoms with Gasteiger partial charge in [-0.25, -0.2) is 4.79 Å². The van der Waals surface area contributed by atoms with E-state index in [0.29, 0.717) is 13.0 Å². The summed E-state index contributed by atoms with van der Waals surface area (Å²) in [6, 6.07) is 20.8. The molecule has 2 aromatic rings. The zero-order valence-electron chi connectivity index (χ0n) is 17.1. The van der Waals surface area contributed by atoms with Gasteiger partial charge in [0.2, 0.25) is 0 Å². The quantitative estimate of drug-likeness (QED) is 0.276. The van der Waals surface area contributed by atoms with Gasteiger partial charge in [-0.2, -0.15) is 0 Å². The first-order chi connectivity index (χ1) is 13.3. The molecule has 0 amide bonds. The van der Waals surface area contributed by atoms with E-state index in [9.17, 15) is 4.79 Å². The van der Waals surface area contributed by atoms with Crippen LogP contribution in [0, 0.1) is 0 Å². The third-order valence-corrected chi connectivity index (χ3v) is 9.79. The van der Waals surface area contributed by atoms with Gasteiger partial charge in [0.05, 0.1) is 6.61 Å². The molecule has 0 spiro atoms. The summed E-state index contributed by atoms with van der Waals surface area (Å²) in [7, 11) is -2.65. The van der Waals surface area contributed by atoms with Crippen molar-refractivity contribution in [3.63, 3.8) is 0 Å². The molecule has 2 rings (SSSR count). The molecule has 1 atom stereocenters. The van der Waals surface area contributed by atoms with Crippen LogP contribution in [0.25, 0.3) is 0 Å². The smallest absolute Gasteiger partial charge is 0.330 e. The highest BCUT2D eigenvalue weighted by Gasteiger charge is 2.50. The summed E-state index contributed by atoms with van der Waals surface area (Å²) in [4.78, 5) is 11.7. The molecule has 3 nitrogen and oxygen atoms in total. The highest BCUT2D eigenvalue weighted by atomic mass is 28.4. The monoisotopic (exact) mass is 394 g/mol. The number of rotatable bonds is 9. The molecule has 148 valence electrons. The highest BCUT2D eigenvalue weighted by Crippen LogP contribution is 2.36. The summed E-state index contributed by atoms with van der Waals surface area (Å²) >= 11 is 0. The molecule has 0 aliphatic heterocycles. The van der Waals surface area contributed by atoms with E-state index in [1.807, 2.05) is 36.4 Å². The van der Waals surface area contributed by atoms with Gasteiger partial charge < -0.3 is 9.16 Å². The first-order valence-corrected chi connectivity index (χ1v) is 11.4. The average Bonchev–Trinajstić information content (AvgIpc) is 2.69. The molecule has 4 heteroatoms. The molecule has 0 heterocycles. The van der Waals surface area contributed by atoms with Crippen LogP contribution in [-0.4, -0.2) is 27.0 Å². The van der Waals surface area contributed by atoms with Crippen molar-refractivity contribution in [1.29, 1.82) is 0 Å². The van der Waals surface area contributed by atoms with Crippen LogP contribution in [0.5, 0.6) is 0 Å². The van der Waals surface area contributed by atoms with Crippen molar-refractivity contribution in [2.75, 3.05) is 6.61 Å². The summed E-state index contributed by atoms with van der Waals surface area (Å²) in [6.07, 6.45) is 3.05. The Balaban J connectivity index is 2.50.